The Balaban J connectivity index is 1.43. The molecule has 2 aromatic heterocycles. The summed E-state index contributed by atoms with van der Waals surface area (Å²) >= 11 is 0. The van der Waals surface area contributed by atoms with Crippen molar-refractivity contribution >= 4 is 11.8 Å². The second-order valence-electron chi connectivity index (χ2n) is 8.18. The van der Waals surface area contributed by atoms with Crippen molar-refractivity contribution in [3.05, 3.63) is 54.3 Å². The van der Waals surface area contributed by atoms with Gasteiger partial charge in [0.1, 0.15) is 11.4 Å². The lowest BCUT2D eigenvalue weighted by atomic mass is 9.99. The molecule has 1 fully saturated rings. The van der Waals surface area contributed by atoms with Crippen LogP contribution in [0.4, 0.5) is 0 Å². The van der Waals surface area contributed by atoms with E-state index in [1.165, 1.54) is 0 Å². The quantitative estimate of drug-likeness (QED) is 0.610. The van der Waals surface area contributed by atoms with E-state index in [1.807, 2.05) is 24.3 Å². The SMILES string of the molecule is COc1cccc(CC(=O)N2CCCC(c3nc(-c4cnccn4)no3)CCNC(=O)CC2)c1. The smallest absolute Gasteiger partial charge is 0.230 e. The molecule has 3 aromatic rings. The van der Waals surface area contributed by atoms with Crippen molar-refractivity contribution in [2.45, 2.75) is 38.0 Å². The maximum Gasteiger partial charge on any atom is 0.230 e. The first kappa shape index (κ1) is 23.3. The van der Waals surface area contributed by atoms with Gasteiger partial charge in [-0.1, -0.05) is 17.3 Å². The molecule has 10 nitrogen and oxygen atoms in total. The van der Waals surface area contributed by atoms with Crippen LogP contribution in [0.2, 0.25) is 0 Å². The first-order valence-electron chi connectivity index (χ1n) is 11.4. The van der Waals surface area contributed by atoms with E-state index < -0.39 is 0 Å². The standard InChI is InChI=1S/C24H28N6O4/c1-33-19-6-2-4-17(14-19)15-22(32)30-12-3-5-18(7-9-27-21(31)8-13-30)24-28-23(29-34-24)20-16-25-10-11-26-20/h2,4,6,10-11,14,16,18H,3,5,7-9,12-13,15H2,1H3,(H,27,31). The predicted octanol–water partition coefficient (Wildman–Crippen LogP) is 2.38. The van der Waals surface area contributed by atoms with Gasteiger partial charge < -0.3 is 19.5 Å². The number of nitrogens with zero attached hydrogens (tertiary/aromatic N) is 5. The second kappa shape index (κ2) is 11.4. The largest absolute Gasteiger partial charge is 0.497 e. The van der Waals surface area contributed by atoms with E-state index in [2.05, 4.69) is 25.4 Å². The molecule has 0 saturated carbocycles. The molecule has 1 aromatic carbocycles. The number of amides is 2. The number of carbonyl (C=O) groups excluding carboxylic acids is 2. The van der Waals surface area contributed by atoms with Crippen LogP contribution in [0.1, 0.15) is 43.1 Å². The van der Waals surface area contributed by atoms with Crippen LogP contribution >= 0.6 is 0 Å². The Kier molecular flexibility index (Phi) is 7.79. The molecular formula is C24H28N6O4. The van der Waals surface area contributed by atoms with Gasteiger partial charge in [0.05, 0.1) is 19.7 Å². The van der Waals surface area contributed by atoms with Gasteiger partial charge in [-0.05, 0) is 37.0 Å². The number of aromatic nitrogens is 4. The maximum absolute atomic E-state index is 13.0. The maximum atomic E-state index is 13.0. The zero-order valence-corrected chi connectivity index (χ0v) is 19.1. The molecule has 0 radical (unpaired) electrons. The number of ether oxygens (including phenoxy) is 1. The fourth-order valence-corrected chi connectivity index (χ4v) is 3.98. The molecule has 3 heterocycles. The lowest BCUT2D eigenvalue weighted by Crippen LogP contribution is -2.36. The third-order valence-electron chi connectivity index (χ3n) is 5.83. The average molecular weight is 465 g/mol. The number of benzene rings is 1. The molecule has 1 saturated heterocycles. The van der Waals surface area contributed by atoms with Crippen molar-refractivity contribution in [2.75, 3.05) is 26.7 Å². The molecule has 4 rings (SSSR count). The van der Waals surface area contributed by atoms with Crippen LogP contribution in [0.15, 0.2) is 47.4 Å². The Morgan fingerprint density at radius 1 is 1.26 bits per heavy atom. The fourth-order valence-electron chi connectivity index (χ4n) is 3.98. The van der Waals surface area contributed by atoms with Gasteiger partial charge in [-0.15, -0.1) is 0 Å². The van der Waals surface area contributed by atoms with E-state index in [0.29, 0.717) is 49.2 Å². The van der Waals surface area contributed by atoms with Gasteiger partial charge >= 0.3 is 0 Å². The molecule has 1 unspecified atom stereocenters. The summed E-state index contributed by atoms with van der Waals surface area (Å²) < 4.78 is 10.8. The minimum Gasteiger partial charge on any atom is -0.497 e. The van der Waals surface area contributed by atoms with Crippen molar-refractivity contribution in [1.82, 2.24) is 30.3 Å². The minimum absolute atomic E-state index is 0.0143. The lowest BCUT2D eigenvalue weighted by molar-refractivity contribution is -0.131. The molecule has 178 valence electrons. The summed E-state index contributed by atoms with van der Waals surface area (Å²) in [5.74, 6) is 1.47. The molecule has 0 bridgehead atoms. The molecule has 1 N–H and O–H groups in total. The van der Waals surface area contributed by atoms with Crippen molar-refractivity contribution in [2.24, 2.45) is 0 Å². The third-order valence-corrected chi connectivity index (χ3v) is 5.83. The Morgan fingerprint density at radius 2 is 2.18 bits per heavy atom. The number of hydrogen-bond donors (Lipinski definition) is 1. The number of hydrogen-bond acceptors (Lipinski definition) is 8. The van der Waals surface area contributed by atoms with E-state index >= 15 is 0 Å². The zero-order chi connectivity index (χ0) is 23.8. The summed E-state index contributed by atoms with van der Waals surface area (Å²) in [5, 5.41) is 6.98. The summed E-state index contributed by atoms with van der Waals surface area (Å²) in [6.07, 6.45) is 7.44. The van der Waals surface area contributed by atoms with Crippen LogP contribution in [0.5, 0.6) is 5.75 Å². The fraction of sp³-hybridized carbons (Fsp3) is 0.417. The summed E-state index contributed by atoms with van der Waals surface area (Å²) in [5.41, 5.74) is 1.42. The monoisotopic (exact) mass is 464 g/mol. The van der Waals surface area contributed by atoms with Crippen molar-refractivity contribution in [3.63, 3.8) is 0 Å². The molecule has 0 aliphatic carbocycles. The van der Waals surface area contributed by atoms with Crippen molar-refractivity contribution < 1.29 is 18.8 Å². The van der Waals surface area contributed by atoms with Gasteiger partial charge in [0.2, 0.25) is 23.5 Å². The lowest BCUT2D eigenvalue weighted by Gasteiger charge is -2.23. The zero-order valence-electron chi connectivity index (χ0n) is 19.1. The highest BCUT2D eigenvalue weighted by Crippen LogP contribution is 2.26. The summed E-state index contributed by atoms with van der Waals surface area (Å²) in [7, 11) is 1.60. The van der Waals surface area contributed by atoms with Crippen LogP contribution in [0.25, 0.3) is 11.5 Å². The summed E-state index contributed by atoms with van der Waals surface area (Å²) in [6.45, 7) is 1.44. The molecule has 1 aliphatic heterocycles. The average Bonchev–Trinajstić information content (AvgIpc) is 3.34. The highest BCUT2D eigenvalue weighted by molar-refractivity contribution is 5.80. The Morgan fingerprint density at radius 3 is 3.00 bits per heavy atom. The number of carbonyl (C=O) groups is 2. The Hall–Kier alpha value is -3.82. The third kappa shape index (κ3) is 6.15. The van der Waals surface area contributed by atoms with Crippen LogP contribution in [-0.4, -0.2) is 63.6 Å². The molecular weight excluding hydrogens is 436 g/mol. The van der Waals surface area contributed by atoms with E-state index in [9.17, 15) is 9.59 Å². The summed E-state index contributed by atoms with van der Waals surface area (Å²) in [4.78, 5) is 39.9. The van der Waals surface area contributed by atoms with Crippen LogP contribution in [0, 0.1) is 0 Å². The number of rotatable bonds is 5. The topological polar surface area (TPSA) is 123 Å². The van der Waals surface area contributed by atoms with Gasteiger partial charge in [0, 0.05) is 44.4 Å². The van der Waals surface area contributed by atoms with E-state index in [-0.39, 0.29) is 30.6 Å². The molecule has 34 heavy (non-hydrogen) atoms. The van der Waals surface area contributed by atoms with E-state index in [0.717, 1.165) is 18.4 Å². The molecule has 2 amide bonds. The first-order valence-corrected chi connectivity index (χ1v) is 11.4. The summed E-state index contributed by atoms with van der Waals surface area (Å²) in [6, 6.07) is 7.47. The van der Waals surface area contributed by atoms with Crippen molar-refractivity contribution in [1.29, 1.82) is 0 Å². The second-order valence-corrected chi connectivity index (χ2v) is 8.18. The Labute approximate surface area is 197 Å². The molecule has 10 heteroatoms. The van der Waals surface area contributed by atoms with Gasteiger partial charge in [-0.25, -0.2) is 4.98 Å². The van der Waals surface area contributed by atoms with E-state index in [4.69, 9.17) is 9.26 Å². The normalized spacial score (nSPS) is 17.5. The van der Waals surface area contributed by atoms with Gasteiger partial charge in [0.15, 0.2) is 0 Å². The highest BCUT2D eigenvalue weighted by Gasteiger charge is 2.23. The first-order chi connectivity index (χ1) is 16.6. The van der Waals surface area contributed by atoms with Crippen molar-refractivity contribution in [3.8, 4) is 17.3 Å². The minimum atomic E-state index is -0.0781. The van der Waals surface area contributed by atoms with Crippen LogP contribution < -0.4 is 10.1 Å². The van der Waals surface area contributed by atoms with Crippen LogP contribution in [-0.2, 0) is 16.0 Å². The van der Waals surface area contributed by atoms with E-state index in [1.54, 1.807) is 30.6 Å². The van der Waals surface area contributed by atoms with Gasteiger partial charge in [-0.2, -0.15) is 4.98 Å². The molecule has 0 spiro atoms. The predicted molar refractivity (Wildman–Crippen MR) is 123 cm³/mol. The number of methoxy groups -OCH3 is 1. The van der Waals surface area contributed by atoms with Gasteiger partial charge in [-0.3, -0.25) is 14.6 Å². The van der Waals surface area contributed by atoms with Gasteiger partial charge in [0.25, 0.3) is 0 Å². The Bertz CT molecular complexity index is 1100. The molecule has 1 atom stereocenters. The molecule has 1 aliphatic rings. The number of nitrogens with one attached hydrogen (secondary N) is 1. The van der Waals surface area contributed by atoms with Crippen LogP contribution in [0.3, 0.4) is 0 Å². The highest BCUT2D eigenvalue weighted by atomic mass is 16.5.